The summed E-state index contributed by atoms with van der Waals surface area (Å²) < 4.78 is 7.32. The molecule has 162 valence electrons. The summed E-state index contributed by atoms with van der Waals surface area (Å²) in [7, 11) is 1.66. The van der Waals surface area contributed by atoms with Crippen LogP contribution in [0, 0.1) is 0 Å². The standard InChI is InChI=1S/C27H28N3O2/c1-32-24-13-11-22(12-14-24)26-17-25(21-8-3-2-4-9-21)28-30(26)27(31)19-29-16-15-20-7-5-6-10-23(20)18-29/h2-4,8-9,11-16,18,26H,5-7,10,17,19H2,1H3/q+1/t26-/m1/s1. The number of carbonyl (C=O) groups is 1. The average molecular weight is 427 g/mol. The molecule has 5 heteroatoms. The van der Waals surface area contributed by atoms with E-state index in [1.54, 1.807) is 12.1 Å². The van der Waals surface area contributed by atoms with Crippen molar-refractivity contribution >= 4 is 11.6 Å². The second kappa shape index (κ2) is 8.95. The number of benzene rings is 2. The Hall–Kier alpha value is -3.47. The van der Waals surface area contributed by atoms with E-state index in [2.05, 4.69) is 24.4 Å². The third kappa shape index (κ3) is 4.15. The molecule has 0 radical (unpaired) electrons. The molecule has 5 nitrogen and oxygen atoms in total. The number of pyridine rings is 1. The van der Waals surface area contributed by atoms with E-state index in [-0.39, 0.29) is 18.5 Å². The van der Waals surface area contributed by atoms with E-state index < -0.39 is 0 Å². The molecule has 1 aromatic heterocycles. The molecule has 2 heterocycles. The summed E-state index contributed by atoms with van der Waals surface area (Å²) >= 11 is 0. The number of hydrazone groups is 1. The predicted octanol–water partition coefficient (Wildman–Crippen LogP) is 4.24. The van der Waals surface area contributed by atoms with Gasteiger partial charge in [-0.15, -0.1) is 0 Å². The Kier molecular flexibility index (Phi) is 5.71. The van der Waals surface area contributed by atoms with Crippen LogP contribution in [0.2, 0.25) is 0 Å². The first-order valence-corrected chi connectivity index (χ1v) is 11.3. The fourth-order valence-corrected chi connectivity index (χ4v) is 4.68. The Balaban J connectivity index is 1.43. The van der Waals surface area contributed by atoms with Crippen molar-refractivity contribution < 1.29 is 14.1 Å². The number of methoxy groups -OCH3 is 1. The number of aryl methyl sites for hydroxylation is 2. The maximum Gasteiger partial charge on any atom is 0.309 e. The molecular weight excluding hydrogens is 398 g/mol. The number of aromatic nitrogens is 1. The lowest BCUT2D eigenvalue weighted by atomic mass is 9.93. The molecule has 0 bridgehead atoms. The molecule has 1 aliphatic heterocycles. The van der Waals surface area contributed by atoms with Crippen molar-refractivity contribution in [3.05, 3.63) is 95.3 Å². The van der Waals surface area contributed by atoms with Crippen molar-refractivity contribution in [2.75, 3.05) is 7.11 Å². The molecule has 1 aliphatic carbocycles. The Morgan fingerprint density at radius 2 is 1.78 bits per heavy atom. The molecule has 0 saturated carbocycles. The Labute approximate surface area is 189 Å². The maximum absolute atomic E-state index is 13.4. The summed E-state index contributed by atoms with van der Waals surface area (Å²) in [6.45, 7) is 0.283. The molecule has 5 rings (SSSR count). The van der Waals surface area contributed by atoms with Gasteiger partial charge in [0.15, 0.2) is 12.4 Å². The summed E-state index contributed by atoms with van der Waals surface area (Å²) in [5.41, 5.74) is 5.84. The zero-order valence-electron chi connectivity index (χ0n) is 18.4. The summed E-state index contributed by atoms with van der Waals surface area (Å²) in [4.78, 5) is 13.4. The Morgan fingerprint density at radius 1 is 1.03 bits per heavy atom. The molecule has 0 N–H and O–H groups in total. The normalized spacial score (nSPS) is 17.6. The van der Waals surface area contributed by atoms with Crippen LogP contribution in [0.1, 0.15) is 47.6 Å². The van der Waals surface area contributed by atoms with Gasteiger partial charge >= 0.3 is 5.91 Å². The van der Waals surface area contributed by atoms with Crippen LogP contribution in [0.25, 0.3) is 0 Å². The van der Waals surface area contributed by atoms with Crippen molar-refractivity contribution in [1.82, 2.24) is 5.01 Å². The van der Waals surface area contributed by atoms with Crippen LogP contribution >= 0.6 is 0 Å². The van der Waals surface area contributed by atoms with Gasteiger partial charge in [0.2, 0.25) is 6.54 Å². The minimum Gasteiger partial charge on any atom is -0.497 e. The maximum atomic E-state index is 13.4. The van der Waals surface area contributed by atoms with Gasteiger partial charge in [-0.25, -0.2) is 5.01 Å². The Morgan fingerprint density at radius 3 is 2.53 bits per heavy atom. The van der Waals surface area contributed by atoms with Crippen LogP contribution in [0.15, 0.2) is 78.2 Å². The second-order valence-corrected chi connectivity index (χ2v) is 8.52. The van der Waals surface area contributed by atoms with E-state index in [1.807, 2.05) is 53.2 Å². The number of fused-ring (bicyclic) bond motifs is 1. The molecule has 0 unspecified atom stereocenters. The van der Waals surface area contributed by atoms with Crippen molar-refractivity contribution in [2.24, 2.45) is 5.10 Å². The van der Waals surface area contributed by atoms with Gasteiger partial charge in [-0.1, -0.05) is 42.5 Å². The quantitative estimate of drug-likeness (QED) is 0.573. The molecule has 0 fully saturated rings. The van der Waals surface area contributed by atoms with Crippen LogP contribution in [-0.2, 0) is 24.2 Å². The Bertz CT molecular complexity index is 1140. The minimum absolute atomic E-state index is 0.00231. The van der Waals surface area contributed by atoms with Gasteiger partial charge in [-0.3, -0.25) is 4.79 Å². The number of nitrogens with zero attached hydrogens (tertiary/aromatic N) is 3. The average Bonchev–Trinajstić information content (AvgIpc) is 3.30. The molecule has 32 heavy (non-hydrogen) atoms. The van der Waals surface area contributed by atoms with Gasteiger partial charge in [0.1, 0.15) is 5.75 Å². The zero-order chi connectivity index (χ0) is 21.9. The lowest BCUT2D eigenvalue weighted by Gasteiger charge is -2.21. The molecular formula is C27H28N3O2+. The van der Waals surface area contributed by atoms with E-state index in [0.717, 1.165) is 35.4 Å². The second-order valence-electron chi connectivity index (χ2n) is 8.52. The number of carbonyl (C=O) groups excluding carboxylic acids is 1. The molecule has 1 atom stereocenters. The van der Waals surface area contributed by atoms with Crippen LogP contribution in [0.5, 0.6) is 5.75 Å². The van der Waals surface area contributed by atoms with Crippen molar-refractivity contribution in [2.45, 2.75) is 44.7 Å². The monoisotopic (exact) mass is 426 g/mol. The van der Waals surface area contributed by atoms with E-state index in [0.29, 0.717) is 6.42 Å². The fraction of sp³-hybridized carbons (Fsp3) is 0.296. The highest BCUT2D eigenvalue weighted by Gasteiger charge is 2.34. The topological polar surface area (TPSA) is 45.8 Å². The smallest absolute Gasteiger partial charge is 0.309 e. The van der Waals surface area contributed by atoms with Gasteiger partial charge in [-0.05, 0) is 54.5 Å². The van der Waals surface area contributed by atoms with E-state index >= 15 is 0 Å². The summed E-state index contributed by atoms with van der Waals surface area (Å²) in [5, 5.41) is 6.48. The first-order chi connectivity index (χ1) is 15.7. The third-order valence-corrected chi connectivity index (χ3v) is 6.43. The number of hydrogen-bond donors (Lipinski definition) is 0. The van der Waals surface area contributed by atoms with Crippen molar-refractivity contribution in [3.63, 3.8) is 0 Å². The largest absolute Gasteiger partial charge is 0.497 e. The highest BCUT2D eigenvalue weighted by atomic mass is 16.5. The predicted molar refractivity (Wildman–Crippen MR) is 123 cm³/mol. The molecule has 2 aromatic carbocycles. The SMILES string of the molecule is COc1ccc([C@H]2CC(c3ccccc3)=NN2C(=O)C[n+]2ccc3c(c2)CCCC3)cc1. The fourth-order valence-electron chi connectivity index (χ4n) is 4.68. The molecule has 0 spiro atoms. The molecule has 3 aromatic rings. The van der Waals surface area contributed by atoms with Crippen LogP contribution in [0.4, 0.5) is 0 Å². The third-order valence-electron chi connectivity index (χ3n) is 6.43. The van der Waals surface area contributed by atoms with Crippen LogP contribution < -0.4 is 9.30 Å². The molecule has 2 aliphatic rings. The summed E-state index contributed by atoms with van der Waals surface area (Å²) in [5.74, 6) is 0.802. The lowest BCUT2D eigenvalue weighted by Crippen LogP contribution is -2.43. The van der Waals surface area contributed by atoms with E-state index in [4.69, 9.17) is 9.84 Å². The highest BCUT2D eigenvalue weighted by Crippen LogP contribution is 2.33. The first kappa shape index (κ1) is 20.4. The number of amides is 1. The number of hydrogen-bond acceptors (Lipinski definition) is 3. The van der Waals surface area contributed by atoms with Crippen LogP contribution in [0.3, 0.4) is 0 Å². The highest BCUT2D eigenvalue weighted by molar-refractivity contribution is 6.03. The molecule has 0 saturated heterocycles. The number of ether oxygens (including phenoxy) is 1. The van der Waals surface area contributed by atoms with Gasteiger partial charge in [0.25, 0.3) is 0 Å². The number of rotatable bonds is 5. The summed E-state index contributed by atoms with van der Waals surface area (Å²) in [6.07, 6.45) is 9.58. The van der Waals surface area contributed by atoms with Gasteiger partial charge in [0.05, 0.1) is 18.9 Å². The first-order valence-electron chi connectivity index (χ1n) is 11.3. The van der Waals surface area contributed by atoms with E-state index in [1.165, 1.54) is 24.0 Å². The van der Waals surface area contributed by atoms with Crippen molar-refractivity contribution in [3.8, 4) is 5.75 Å². The van der Waals surface area contributed by atoms with Crippen molar-refractivity contribution in [1.29, 1.82) is 0 Å². The van der Waals surface area contributed by atoms with Gasteiger partial charge < -0.3 is 4.74 Å². The van der Waals surface area contributed by atoms with Gasteiger partial charge in [-0.2, -0.15) is 9.67 Å². The van der Waals surface area contributed by atoms with E-state index in [9.17, 15) is 4.79 Å². The zero-order valence-corrected chi connectivity index (χ0v) is 18.4. The summed E-state index contributed by atoms with van der Waals surface area (Å²) in [6, 6.07) is 20.1. The lowest BCUT2D eigenvalue weighted by molar-refractivity contribution is -0.685. The van der Waals surface area contributed by atoms with Gasteiger partial charge in [0, 0.05) is 18.1 Å². The van der Waals surface area contributed by atoms with Crippen LogP contribution in [-0.4, -0.2) is 23.7 Å². The minimum atomic E-state index is -0.123. The molecule has 1 amide bonds.